The highest BCUT2D eigenvalue weighted by Crippen LogP contribution is 2.32. The molecule has 2 rings (SSSR count). The molecule has 0 atom stereocenters. The number of nitrogens with zero attached hydrogens (tertiary/aromatic N) is 3. The number of hydrogen-bond acceptors (Lipinski definition) is 4. The second kappa shape index (κ2) is 3.55. The first kappa shape index (κ1) is 8.83. The predicted molar refractivity (Wildman–Crippen MR) is 52.9 cm³/mol. The molecule has 6 heteroatoms. The van der Waals surface area contributed by atoms with E-state index in [0.717, 1.165) is 14.5 Å². The minimum Gasteiger partial charge on any atom is -0.423 e. The predicted octanol–water partition coefficient (Wildman–Crippen LogP) is 2.66. The van der Waals surface area contributed by atoms with Crippen LogP contribution in [0.15, 0.2) is 32.1 Å². The molecule has 2 aromatic heterocycles. The van der Waals surface area contributed by atoms with Crippen molar-refractivity contribution in [1.82, 2.24) is 15.2 Å². The van der Waals surface area contributed by atoms with Crippen LogP contribution in [-0.2, 0) is 0 Å². The highest BCUT2D eigenvalue weighted by Gasteiger charge is 2.12. The molecular weight excluding hydrogens is 302 g/mol. The molecule has 0 amide bonds. The smallest absolute Gasteiger partial charge is 0.249 e. The van der Waals surface area contributed by atoms with Crippen molar-refractivity contribution in [3.05, 3.63) is 27.7 Å². The molecule has 0 saturated heterocycles. The molecule has 0 aromatic carbocycles. The number of rotatable bonds is 1. The molecule has 13 heavy (non-hydrogen) atoms. The maximum absolute atomic E-state index is 5.07. The van der Waals surface area contributed by atoms with E-state index in [4.69, 9.17) is 4.42 Å². The van der Waals surface area contributed by atoms with Crippen LogP contribution in [0.4, 0.5) is 0 Å². The summed E-state index contributed by atoms with van der Waals surface area (Å²) in [6.07, 6.45) is 4.63. The first-order valence-electron chi connectivity index (χ1n) is 3.34. The summed E-state index contributed by atoms with van der Waals surface area (Å²) in [5.41, 5.74) is 0.812. The van der Waals surface area contributed by atoms with Crippen LogP contribution in [-0.4, -0.2) is 15.2 Å². The molecule has 2 heterocycles. The maximum Gasteiger partial charge on any atom is 0.249 e. The first-order chi connectivity index (χ1) is 6.29. The fourth-order valence-electron chi connectivity index (χ4n) is 0.898. The molecule has 0 N–H and O–H groups in total. The molecule has 0 spiro atoms. The van der Waals surface area contributed by atoms with Gasteiger partial charge in [-0.25, -0.2) is 0 Å². The van der Waals surface area contributed by atoms with Crippen molar-refractivity contribution in [2.24, 2.45) is 0 Å². The van der Waals surface area contributed by atoms with Crippen LogP contribution in [0.3, 0.4) is 0 Å². The van der Waals surface area contributed by atoms with Crippen LogP contribution < -0.4 is 0 Å². The molecule has 66 valence electrons. The van der Waals surface area contributed by atoms with Crippen LogP contribution in [0, 0.1) is 0 Å². The summed E-state index contributed by atoms with van der Waals surface area (Å²) < 4.78 is 6.69. The van der Waals surface area contributed by atoms with Gasteiger partial charge in [0.2, 0.25) is 12.3 Å². The van der Waals surface area contributed by atoms with Crippen molar-refractivity contribution < 1.29 is 4.42 Å². The summed E-state index contributed by atoms with van der Waals surface area (Å²) in [6, 6.07) is 0. The Morgan fingerprint density at radius 3 is 2.38 bits per heavy atom. The second-order valence-electron chi connectivity index (χ2n) is 2.22. The zero-order valence-corrected chi connectivity index (χ0v) is 9.41. The summed E-state index contributed by atoms with van der Waals surface area (Å²) in [7, 11) is 0. The molecule has 0 unspecified atom stereocenters. The van der Waals surface area contributed by atoms with Crippen molar-refractivity contribution in [2.45, 2.75) is 0 Å². The minimum absolute atomic E-state index is 0.459. The number of aromatic nitrogens is 3. The first-order valence-corrected chi connectivity index (χ1v) is 4.93. The highest BCUT2D eigenvalue weighted by atomic mass is 79.9. The lowest BCUT2D eigenvalue weighted by Crippen LogP contribution is -1.84. The SMILES string of the molecule is Brc1cncc(Br)c1-c1nnco1. The molecule has 0 aliphatic carbocycles. The third-order valence-electron chi connectivity index (χ3n) is 1.43. The molecule has 4 nitrogen and oxygen atoms in total. The van der Waals surface area contributed by atoms with Crippen LogP contribution >= 0.6 is 31.9 Å². The fourth-order valence-corrected chi connectivity index (χ4v) is 2.17. The highest BCUT2D eigenvalue weighted by molar-refractivity contribution is 9.11. The van der Waals surface area contributed by atoms with E-state index < -0.39 is 0 Å². The Balaban J connectivity index is 2.64. The molecule has 0 bridgehead atoms. The Morgan fingerprint density at radius 2 is 1.85 bits per heavy atom. The van der Waals surface area contributed by atoms with E-state index >= 15 is 0 Å². The Morgan fingerprint density at radius 1 is 1.15 bits per heavy atom. The average molecular weight is 305 g/mol. The minimum atomic E-state index is 0.459. The van der Waals surface area contributed by atoms with Crippen molar-refractivity contribution in [2.75, 3.05) is 0 Å². The van der Waals surface area contributed by atoms with Crippen molar-refractivity contribution in [3.63, 3.8) is 0 Å². The lowest BCUT2D eigenvalue weighted by molar-refractivity contribution is 0.568. The van der Waals surface area contributed by atoms with E-state index in [-0.39, 0.29) is 0 Å². The van der Waals surface area contributed by atoms with Crippen LogP contribution in [0.25, 0.3) is 11.5 Å². The van der Waals surface area contributed by atoms with E-state index in [0.29, 0.717) is 5.89 Å². The molecule has 0 saturated carbocycles. The van der Waals surface area contributed by atoms with E-state index in [1.165, 1.54) is 6.39 Å². The van der Waals surface area contributed by atoms with Crippen molar-refractivity contribution in [1.29, 1.82) is 0 Å². The molecule has 0 aliphatic rings. The van der Waals surface area contributed by atoms with Gasteiger partial charge in [0.15, 0.2) is 0 Å². The third kappa shape index (κ3) is 1.64. The second-order valence-corrected chi connectivity index (χ2v) is 3.93. The quantitative estimate of drug-likeness (QED) is 0.813. The largest absolute Gasteiger partial charge is 0.423 e. The fraction of sp³-hybridized carbons (Fsp3) is 0. The monoisotopic (exact) mass is 303 g/mol. The summed E-state index contributed by atoms with van der Waals surface area (Å²) >= 11 is 6.70. The average Bonchev–Trinajstić information content (AvgIpc) is 2.57. The Kier molecular flexibility index (Phi) is 2.41. The van der Waals surface area contributed by atoms with Crippen molar-refractivity contribution >= 4 is 31.9 Å². The molecule has 0 fully saturated rings. The van der Waals surface area contributed by atoms with Gasteiger partial charge >= 0.3 is 0 Å². The standard InChI is InChI=1S/C7H3Br2N3O/c8-4-1-10-2-5(9)6(4)7-12-11-3-13-7/h1-3H. The lowest BCUT2D eigenvalue weighted by Gasteiger charge is -1.99. The summed E-state index contributed by atoms with van der Waals surface area (Å²) in [5.74, 6) is 0.459. The molecule has 2 aromatic rings. The van der Waals surface area contributed by atoms with Gasteiger partial charge in [0.1, 0.15) is 0 Å². The Hall–Kier alpha value is -0.750. The van der Waals surface area contributed by atoms with E-state index in [9.17, 15) is 0 Å². The van der Waals surface area contributed by atoms with E-state index in [1.807, 2.05) is 0 Å². The Labute approximate surface area is 90.6 Å². The summed E-state index contributed by atoms with van der Waals surface area (Å²) in [5, 5.41) is 7.41. The number of halogens is 2. The lowest BCUT2D eigenvalue weighted by atomic mass is 10.3. The maximum atomic E-state index is 5.07. The van der Waals surface area contributed by atoms with E-state index in [2.05, 4.69) is 47.0 Å². The van der Waals surface area contributed by atoms with E-state index in [1.54, 1.807) is 12.4 Å². The summed E-state index contributed by atoms with van der Waals surface area (Å²) in [4.78, 5) is 3.97. The molecule has 0 aliphatic heterocycles. The molecular formula is C7H3Br2N3O. The van der Waals surface area contributed by atoms with Gasteiger partial charge in [-0.15, -0.1) is 10.2 Å². The van der Waals surface area contributed by atoms with Gasteiger partial charge in [0, 0.05) is 21.3 Å². The number of pyridine rings is 1. The Bertz CT molecular complexity index is 395. The third-order valence-corrected chi connectivity index (χ3v) is 2.63. The van der Waals surface area contributed by atoms with Gasteiger partial charge in [0.25, 0.3) is 0 Å². The topological polar surface area (TPSA) is 51.8 Å². The normalized spacial score (nSPS) is 10.3. The zero-order valence-electron chi connectivity index (χ0n) is 6.24. The zero-order chi connectivity index (χ0) is 9.26. The van der Waals surface area contributed by atoms with Gasteiger partial charge < -0.3 is 4.42 Å². The number of hydrogen-bond donors (Lipinski definition) is 0. The van der Waals surface area contributed by atoms with Crippen molar-refractivity contribution in [3.8, 4) is 11.5 Å². The van der Waals surface area contributed by atoms with Gasteiger partial charge in [-0.3, -0.25) is 4.98 Å². The van der Waals surface area contributed by atoms with Gasteiger partial charge in [0.05, 0.1) is 5.56 Å². The van der Waals surface area contributed by atoms with Crippen LogP contribution in [0.2, 0.25) is 0 Å². The summed E-state index contributed by atoms with van der Waals surface area (Å²) in [6.45, 7) is 0. The van der Waals surface area contributed by atoms with Gasteiger partial charge in [-0.2, -0.15) is 0 Å². The van der Waals surface area contributed by atoms with Crippen LogP contribution in [0.1, 0.15) is 0 Å². The van der Waals surface area contributed by atoms with Crippen LogP contribution in [0.5, 0.6) is 0 Å². The van der Waals surface area contributed by atoms with Gasteiger partial charge in [-0.1, -0.05) is 0 Å². The molecule has 0 radical (unpaired) electrons. The van der Waals surface area contributed by atoms with Gasteiger partial charge in [-0.05, 0) is 31.9 Å².